The van der Waals surface area contributed by atoms with Gasteiger partial charge < -0.3 is 4.74 Å². The van der Waals surface area contributed by atoms with Gasteiger partial charge in [-0.25, -0.2) is 4.79 Å². The van der Waals surface area contributed by atoms with Crippen LogP contribution in [0, 0.1) is 0 Å². The summed E-state index contributed by atoms with van der Waals surface area (Å²) in [6, 6.07) is 0. The van der Waals surface area contributed by atoms with Crippen molar-refractivity contribution in [3.05, 3.63) is 12.2 Å². The van der Waals surface area contributed by atoms with Crippen molar-refractivity contribution in [1.82, 2.24) is 0 Å². The number of hydrogen-bond donors (Lipinski definition) is 0. The molecule has 0 amide bonds. The third kappa shape index (κ3) is 9.12. The lowest BCUT2D eigenvalue weighted by atomic mass is 10.2. The lowest BCUT2D eigenvalue weighted by molar-refractivity contribution is -0.137. The minimum atomic E-state index is -0.224. The summed E-state index contributed by atoms with van der Waals surface area (Å²) in [5.74, 6) is -0.224. The van der Waals surface area contributed by atoms with Crippen LogP contribution in [-0.4, -0.2) is 12.6 Å². The number of hydrogen-bond acceptors (Lipinski definition) is 2. The van der Waals surface area contributed by atoms with Crippen molar-refractivity contribution in [2.24, 2.45) is 0 Å². The fourth-order valence-electron chi connectivity index (χ4n) is 1.06. The van der Waals surface area contributed by atoms with Gasteiger partial charge in [0, 0.05) is 6.08 Å². The minimum Gasteiger partial charge on any atom is -0.463 e. The average Bonchev–Trinajstić information content (AvgIpc) is 2.11. The molecule has 0 heterocycles. The van der Waals surface area contributed by atoms with Crippen LogP contribution in [0.3, 0.4) is 0 Å². The maximum atomic E-state index is 10.8. The molecule has 0 aliphatic rings. The van der Waals surface area contributed by atoms with E-state index in [0.29, 0.717) is 6.61 Å². The van der Waals surface area contributed by atoms with Crippen LogP contribution in [0.15, 0.2) is 12.2 Å². The van der Waals surface area contributed by atoms with Crippen LogP contribution in [0.1, 0.15) is 46.0 Å². The molecule has 0 aromatic carbocycles. The lowest BCUT2D eigenvalue weighted by Crippen LogP contribution is -2.01. The fourth-order valence-corrected chi connectivity index (χ4v) is 1.06. The van der Waals surface area contributed by atoms with E-state index in [9.17, 15) is 4.79 Å². The summed E-state index contributed by atoms with van der Waals surface area (Å²) in [5, 5.41) is 0. The van der Waals surface area contributed by atoms with E-state index in [1.54, 1.807) is 6.08 Å². The summed E-state index contributed by atoms with van der Waals surface area (Å²) in [4.78, 5) is 10.8. The van der Waals surface area contributed by atoms with Gasteiger partial charge in [-0.1, -0.05) is 38.7 Å². The molecule has 13 heavy (non-hydrogen) atoms. The minimum absolute atomic E-state index is 0.224. The summed E-state index contributed by atoms with van der Waals surface area (Å²) in [7, 11) is 0. The zero-order valence-electron chi connectivity index (χ0n) is 8.71. The molecular weight excluding hydrogens is 164 g/mol. The second-order valence-electron chi connectivity index (χ2n) is 3.08. The van der Waals surface area contributed by atoms with Crippen molar-refractivity contribution in [2.75, 3.05) is 6.61 Å². The number of esters is 1. The Bertz CT molecular complexity index is 150. The summed E-state index contributed by atoms with van der Waals surface area (Å²) in [5.41, 5.74) is 0. The van der Waals surface area contributed by atoms with E-state index < -0.39 is 0 Å². The van der Waals surface area contributed by atoms with Crippen LogP contribution in [0.5, 0.6) is 0 Å². The first-order valence-corrected chi connectivity index (χ1v) is 5.10. The fraction of sp³-hybridized carbons (Fsp3) is 0.727. The Morgan fingerprint density at radius 2 is 1.92 bits per heavy atom. The van der Waals surface area contributed by atoms with Gasteiger partial charge in [0.25, 0.3) is 0 Å². The van der Waals surface area contributed by atoms with Gasteiger partial charge in [0.15, 0.2) is 0 Å². The van der Waals surface area contributed by atoms with Gasteiger partial charge in [0.1, 0.15) is 0 Å². The zero-order valence-corrected chi connectivity index (χ0v) is 8.71. The molecule has 0 rings (SSSR count). The summed E-state index contributed by atoms with van der Waals surface area (Å²) in [6.07, 6.45) is 9.07. The van der Waals surface area contributed by atoms with E-state index in [2.05, 4.69) is 6.92 Å². The second kappa shape index (κ2) is 9.30. The third-order valence-corrected chi connectivity index (χ3v) is 1.79. The number of allylic oxidation sites excluding steroid dienone is 1. The highest BCUT2D eigenvalue weighted by molar-refractivity contribution is 5.81. The van der Waals surface area contributed by atoms with Gasteiger partial charge >= 0.3 is 5.97 Å². The van der Waals surface area contributed by atoms with Crippen LogP contribution in [0.4, 0.5) is 0 Å². The van der Waals surface area contributed by atoms with Crippen LogP contribution in [0.25, 0.3) is 0 Å². The highest BCUT2D eigenvalue weighted by Gasteiger charge is 1.94. The van der Waals surface area contributed by atoms with Gasteiger partial charge in [-0.3, -0.25) is 0 Å². The Morgan fingerprint density at radius 3 is 2.54 bits per heavy atom. The third-order valence-electron chi connectivity index (χ3n) is 1.79. The van der Waals surface area contributed by atoms with Gasteiger partial charge in [-0.15, -0.1) is 0 Å². The molecule has 0 bridgehead atoms. The van der Waals surface area contributed by atoms with E-state index in [1.807, 2.05) is 6.92 Å². The maximum absolute atomic E-state index is 10.8. The smallest absolute Gasteiger partial charge is 0.330 e. The van der Waals surface area contributed by atoms with Crippen molar-refractivity contribution in [1.29, 1.82) is 0 Å². The van der Waals surface area contributed by atoms with Crippen LogP contribution >= 0.6 is 0 Å². The second-order valence-corrected chi connectivity index (χ2v) is 3.08. The van der Waals surface area contributed by atoms with Crippen molar-refractivity contribution in [3.63, 3.8) is 0 Å². The van der Waals surface area contributed by atoms with Crippen LogP contribution < -0.4 is 0 Å². The predicted molar refractivity (Wildman–Crippen MR) is 54.5 cm³/mol. The quantitative estimate of drug-likeness (QED) is 0.345. The Kier molecular flexibility index (Phi) is 8.73. The highest BCUT2D eigenvalue weighted by Crippen LogP contribution is 2.02. The van der Waals surface area contributed by atoms with Gasteiger partial charge in [0.2, 0.25) is 0 Å². The number of rotatable bonds is 7. The monoisotopic (exact) mass is 184 g/mol. The molecule has 2 nitrogen and oxygen atoms in total. The number of carbonyl (C=O) groups excluding carboxylic acids is 1. The Balaban J connectivity index is 3.11. The molecule has 0 aromatic heterocycles. The molecule has 0 aromatic rings. The first kappa shape index (κ1) is 12.2. The van der Waals surface area contributed by atoms with E-state index >= 15 is 0 Å². The highest BCUT2D eigenvalue weighted by atomic mass is 16.5. The molecule has 0 radical (unpaired) electrons. The molecule has 0 N–H and O–H groups in total. The molecular formula is C11H20O2. The largest absolute Gasteiger partial charge is 0.463 e. The first-order chi connectivity index (χ1) is 6.31. The summed E-state index contributed by atoms with van der Waals surface area (Å²) >= 11 is 0. The lowest BCUT2D eigenvalue weighted by Gasteiger charge is -2.01. The maximum Gasteiger partial charge on any atom is 0.330 e. The van der Waals surface area contributed by atoms with Gasteiger partial charge in [0.05, 0.1) is 6.61 Å². The van der Waals surface area contributed by atoms with E-state index in [-0.39, 0.29) is 5.97 Å². The molecule has 76 valence electrons. The van der Waals surface area contributed by atoms with Gasteiger partial charge in [-0.05, 0) is 13.3 Å². The Hall–Kier alpha value is -0.790. The topological polar surface area (TPSA) is 26.3 Å². The van der Waals surface area contributed by atoms with Crippen molar-refractivity contribution >= 4 is 5.97 Å². The molecule has 0 spiro atoms. The molecule has 0 aliphatic carbocycles. The molecule has 2 heteroatoms. The van der Waals surface area contributed by atoms with Crippen molar-refractivity contribution in [2.45, 2.75) is 46.0 Å². The average molecular weight is 184 g/mol. The van der Waals surface area contributed by atoms with Crippen molar-refractivity contribution in [3.8, 4) is 0 Å². The normalized spacial score (nSPS) is 10.6. The van der Waals surface area contributed by atoms with Crippen LogP contribution in [0.2, 0.25) is 0 Å². The number of ether oxygens (including phenoxy) is 1. The molecule has 0 atom stereocenters. The van der Waals surface area contributed by atoms with E-state index in [0.717, 1.165) is 12.8 Å². The summed E-state index contributed by atoms with van der Waals surface area (Å²) in [6.45, 7) is 4.56. The molecule has 0 saturated heterocycles. The van der Waals surface area contributed by atoms with E-state index in [1.165, 1.54) is 25.3 Å². The summed E-state index contributed by atoms with van der Waals surface area (Å²) < 4.78 is 4.94. The van der Waals surface area contributed by atoms with E-state index in [4.69, 9.17) is 4.74 Å². The first-order valence-electron chi connectivity index (χ1n) is 5.10. The zero-order chi connectivity index (χ0) is 9.94. The molecule has 0 unspecified atom stereocenters. The molecule has 0 aliphatic heterocycles. The number of unbranched alkanes of at least 4 members (excludes halogenated alkanes) is 4. The Morgan fingerprint density at radius 1 is 1.23 bits per heavy atom. The van der Waals surface area contributed by atoms with Gasteiger partial charge in [-0.2, -0.15) is 0 Å². The number of carbonyl (C=O) groups is 1. The standard InChI is InChI=1S/C11H20O2/c1-3-5-6-7-8-10-13-11(12)9-4-2/h4,9H,3,5-8,10H2,1-2H3/b9-4-. The molecule has 0 fully saturated rings. The van der Waals surface area contributed by atoms with Crippen LogP contribution in [-0.2, 0) is 9.53 Å². The van der Waals surface area contributed by atoms with Crippen molar-refractivity contribution < 1.29 is 9.53 Å². The Labute approximate surface area is 81.0 Å². The molecule has 0 saturated carbocycles. The predicted octanol–water partition coefficient (Wildman–Crippen LogP) is 3.08. The SMILES string of the molecule is C/C=C\C(=O)OCCCCCCC.